The van der Waals surface area contributed by atoms with E-state index in [2.05, 4.69) is 31.2 Å². The van der Waals surface area contributed by atoms with Crippen molar-refractivity contribution in [2.75, 3.05) is 0 Å². The Bertz CT molecular complexity index is 236. The Hall–Kier alpha value is -0.690. The standard InChI is InChI=1S/C11H14S/c1-10-5-7-11(8-6-10)4-2-3-9-12/h5-9H,2-4H2,1H3. The lowest BCUT2D eigenvalue weighted by Crippen LogP contribution is -1.85. The van der Waals surface area contributed by atoms with Crippen molar-refractivity contribution in [1.29, 1.82) is 0 Å². The molecule has 0 saturated carbocycles. The zero-order valence-electron chi connectivity index (χ0n) is 7.42. The van der Waals surface area contributed by atoms with E-state index in [1.165, 1.54) is 17.5 Å². The van der Waals surface area contributed by atoms with Crippen LogP contribution in [-0.4, -0.2) is 5.37 Å². The molecular formula is C11H14S. The van der Waals surface area contributed by atoms with Crippen molar-refractivity contribution in [3.63, 3.8) is 0 Å². The quantitative estimate of drug-likeness (QED) is 0.503. The van der Waals surface area contributed by atoms with Gasteiger partial charge in [-0.3, -0.25) is 0 Å². The monoisotopic (exact) mass is 178 g/mol. The summed E-state index contributed by atoms with van der Waals surface area (Å²) in [6.45, 7) is 2.11. The van der Waals surface area contributed by atoms with Crippen molar-refractivity contribution < 1.29 is 0 Å². The summed E-state index contributed by atoms with van der Waals surface area (Å²) in [5.74, 6) is 0. The molecule has 0 aliphatic rings. The first-order valence-electron chi connectivity index (χ1n) is 4.32. The van der Waals surface area contributed by atoms with Crippen LogP contribution in [0, 0.1) is 6.92 Å². The first-order valence-corrected chi connectivity index (χ1v) is 4.79. The number of aryl methyl sites for hydroxylation is 2. The Labute approximate surface area is 79.6 Å². The molecule has 0 nitrogen and oxygen atoms in total. The van der Waals surface area contributed by atoms with Crippen molar-refractivity contribution in [3.05, 3.63) is 35.4 Å². The van der Waals surface area contributed by atoms with E-state index in [1.807, 2.05) is 5.37 Å². The summed E-state index contributed by atoms with van der Waals surface area (Å²) in [6, 6.07) is 8.71. The van der Waals surface area contributed by atoms with Crippen LogP contribution in [0.15, 0.2) is 24.3 Å². The molecule has 64 valence electrons. The Kier molecular flexibility index (Phi) is 3.95. The molecule has 1 aromatic carbocycles. The second-order valence-corrected chi connectivity index (χ2v) is 3.38. The van der Waals surface area contributed by atoms with Crippen LogP contribution in [0.2, 0.25) is 0 Å². The third kappa shape index (κ3) is 3.14. The zero-order chi connectivity index (χ0) is 8.81. The lowest BCUT2D eigenvalue weighted by Gasteiger charge is -1.99. The number of rotatable bonds is 4. The molecule has 0 amide bonds. The minimum absolute atomic E-state index is 1.04. The topological polar surface area (TPSA) is 0 Å². The summed E-state index contributed by atoms with van der Waals surface area (Å²) in [5.41, 5.74) is 2.74. The molecule has 0 heterocycles. The van der Waals surface area contributed by atoms with Gasteiger partial charge in [-0.1, -0.05) is 42.0 Å². The fourth-order valence-electron chi connectivity index (χ4n) is 1.14. The van der Waals surface area contributed by atoms with Gasteiger partial charge in [0.25, 0.3) is 0 Å². The van der Waals surface area contributed by atoms with Gasteiger partial charge in [0.05, 0.1) is 0 Å². The van der Waals surface area contributed by atoms with Crippen LogP contribution >= 0.6 is 12.2 Å². The van der Waals surface area contributed by atoms with Crippen molar-refractivity contribution in [1.82, 2.24) is 0 Å². The van der Waals surface area contributed by atoms with Gasteiger partial charge in [-0.25, -0.2) is 0 Å². The van der Waals surface area contributed by atoms with Gasteiger partial charge >= 0.3 is 0 Å². The molecule has 12 heavy (non-hydrogen) atoms. The molecule has 0 saturated heterocycles. The van der Waals surface area contributed by atoms with Crippen molar-refractivity contribution >= 4 is 17.6 Å². The van der Waals surface area contributed by atoms with Gasteiger partial charge in [-0.15, -0.1) is 0 Å². The van der Waals surface area contributed by atoms with Crippen LogP contribution in [0.4, 0.5) is 0 Å². The van der Waals surface area contributed by atoms with Crippen LogP contribution in [0.25, 0.3) is 0 Å². The second-order valence-electron chi connectivity index (χ2n) is 3.04. The van der Waals surface area contributed by atoms with E-state index in [4.69, 9.17) is 12.2 Å². The van der Waals surface area contributed by atoms with Crippen LogP contribution < -0.4 is 0 Å². The first kappa shape index (κ1) is 9.40. The largest absolute Gasteiger partial charge is 0.0935 e. The average molecular weight is 178 g/mol. The average Bonchev–Trinajstić information content (AvgIpc) is 2.09. The van der Waals surface area contributed by atoms with Gasteiger partial charge in [-0.2, -0.15) is 0 Å². The molecule has 0 atom stereocenters. The maximum absolute atomic E-state index is 4.76. The third-order valence-electron chi connectivity index (χ3n) is 1.91. The van der Waals surface area contributed by atoms with Crippen molar-refractivity contribution in [3.8, 4) is 0 Å². The summed E-state index contributed by atoms with van der Waals surface area (Å²) in [7, 11) is 0. The molecule has 0 aromatic heterocycles. The van der Waals surface area contributed by atoms with Gasteiger partial charge in [0.1, 0.15) is 0 Å². The lowest BCUT2D eigenvalue weighted by molar-refractivity contribution is 0.878. The van der Waals surface area contributed by atoms with Crippen LogP contribution in [0.5, 0.6) is 0 Å². The Morgan fingerprint density at radius 2 is 1.92 bits per heavy atom. The van der Waals surface area contributed by atoms with Gasteiger partial charge in [0, 0.05) is 0 Å². The van der Waals surface area contributed by atoms with Crippen molar-refractivity contribution in [2.24, 2.45) is 0 Å². The SMILES string of the molecule is Cc1ccc(CCCC=S)cc1. The number of hydrogen-bond acceptors (Lipinski definition) is 1. The molecule has 0 N–H and O–H groups in total. The first-order chi connectivity index (χ1) is 5.83. The molecule has 0 aliphatic heterocycles. The van der Waals surface area contributed by atoms with E-state index in [0.29, 0.717) is 0 Å². The maximum Gasteiger partial charge on any atom is -0.0210 e. The van der Waals surface area contributed by atoms with Gasteiger partial charge in [-0.05, 0) is 37.1 Å². The molecule has 0 aliphatic carbocycles. The molecule has 1 aromatic rings. The molecule has 0 radical (unpaired) electrons. The van der Waals surface area contributed by atoms with Crippen LogP contribution in [0.1, 0.15) is 24.0 Å². The van der Waals surface area contributed by atoms with E-state index >= 15 is 0 Å². The highest BCUT2D eigenvalue weighted by atomic mass is 32.1. The van der Waals surface area contributed by atoms with E-state index in [-0.39, 0.29) is 0 Å². The zero-order valence-corrected chi connectivity index (χ0v) is 8.23. The second kappa shape index (κ2) is 5.04. The fraction of sp³-hybridized carbons (Fsp3) is 0.364. The smallest absolute Gasteiger partial charge is 0.0210 e. The molecule has 0 bridgehead atoms. The number of benzene rings is 1. The Morgan fingerprint density at radius 3 is 2.50 bits per heavy atom. The summed E-state index contributed by atoms with van der Waals surface area (Å²) in [4.78, 5) is 0. The summed E-state index contributed by atoms with van der Waals surface area (Å²) >= 11 is 4.76. The Morgan fingerprint density at radius 1 is 1.25 bits per heavy atom. The molecule has 0 fully saturated rings. The summed E-state index contributed by atoms with van der Waals surface area (Å²) < 4.78 is 0. The normalized spacial score (nSPS) is 9.75. The fourth-order valence-corrected chi connectivity index (χ4v) is 1.31. The summed E-state index contributed by atoms with van der Waals surface area (Å²) in [6.07, 6.45) is 3.36. The Balaban J connectivity index is 2.42. The third-order valence-corrected chi connectivity index (χ3v) is 2.14. The predicted octanol–water partition coefficient (Wildman–Crippen LogP) is 3.32. The van der Waals surface area contributed by atoms with E-state index < -0.39 is 0 Å². The predicted molar refractivity (Wildman–Crippen MR) is 57.8 cm³/mol. The molecule has 1 rings (SSSR count). The minimum Gasteiger partial charge on any atom is -0.0935 e. The van der Waals surface area contributed by atoms with Gasteiger partial charge < -0.3 is 0 Å². The highest BCUT2D eigenvalue weighted by molar-refractivity contribution is 7.78. The molecule has 0 spiro atoms. The number of thiocarbonyl (C=S) groups is 1. The maximum atomic E-state index is 4.76. The van der Waals surface area contributed by atoms with Crippen LogP contribution in [0.3, 0.4) is 0 Å². The van der Waals surface area contributed by atoms with E-state index in [1.54, 1.807) is 0 Å². The molecule has 1 heteroatoms. The highest BCUT2D eigenvalue weighted by Gasteiger charge is 1.90. The van der Waals surface area contributed by atoms with E-state index in [0.717, 1.165) is 12.8 Å². The van der Waals surface area contributed by atoms with Gasteiger partial charge in [0.15, 0.2) is 0 Å². The number of hydrogen-bond donors (Lipinski definition) is 0. The van der Waals surface area contributed by atoms with Crippen molar-refractivity contribution in [2.45, 2.75) is 26.2 Å². The lowest BCUT2D eigenvalue weighted by atomic mass is 10.1. The number of unbranched alkanes of at least 4 members (excludes halogenated alkanes) is 1. The van der Waals surface area contributed by atoms with Crippen LogP contribution in [-0.2, 0) is 6.42 Å². The molecule has 0 unspecified atom stereocenters. The molecular weight excluding hydrogens is 164 g/mol. The van der Waals surface area contributed by atoms with E-state index in [9.17, 15) is 0 Å². The summed E-state index contributed by atoms with van der Waals surface area (Å²) in [5, 5.41) is 1.81. The van der Waals surface area contributed by atoms with Gasteiger partial charge in [0.2, 0.25) is 0 Å². The highest BCUT2D eigenvalue weighted by Crippen LogP contribution is 2.06. The minimum atomic E-state index is 1.04.